The molecule has 1 aromatic heterocycles. The molecule has 1 heterocycles. The molecule has 0 atom stereocenters. The molecular formula is C9H14NO3PS. The van der Waals surface area contributed by atoms with E-state index >= 15 is 0 Å². The zero-order valence-electron chi connectivity index (χ0n) is 8.71. The molecule has 0 radical (unpaired) electrons. The summed E-state index contributed by atoms with van der Waals surface area (Å²) in [5.74, 6) is 0.0303. The predicted octanol–water partition coefficient (Wildman–Crippen LogP) is 1.79. The minimum atomic E-state index is -2.57. The van der Waals surface area contributed by atoms with Crippen LogP contribution in [0.5, 0.6) is 5.75 Å². The zero-order valence-corrected chi connectivity index (χ0v) is 10.4. The van der Waals surface area contributed by atoms with E-state index in [0.29, 0.717) is 18.5 Å². The highest BCUT2D eigenvalue weighted by molar-refractivity contribution is 8.13. The van der Waals surface area contributed by atoms with Gasteiger partial charge < -0.3 is 14.2 Å². The second-order valence-corrected chi connectivity index (χ2v) is 6.13. The van der Waals surface area contributed by atoms with E-state index in [1.165, 1.54) is 6.20 Å². The molecule has 0 amide bonds. The molecule has 0 unspecified atom stereocenters. The highest BCUT2D eigenvalue weighted by Gasteiger charge is 2.24. The summed E-state index contributed by atoms with van der Waals surface area (Å²) < 4.78 is 10.9. The highest BCUT2D eigenvalue weighted by Crippen LogP contribution is 2.49. The van der Waals surface area contributed by atoms with Crippen LogP contribution in [0.15, 0.2) is 18.5 Å². The van der Waals surface area contributed by atoms with E-state index < -0.39 is 6.49 Å². The molecular weight excluding hydrogens is 233 g/mol. The number of hydrogen-bond donors (Lipinski definition) is 1. The van der Waals surface area contributed by atoms with Crippen LogP contribution < -0.4 is 5.30 Å². The molecule has 0 aliphatic carbocycles. The SMILES string of the molecule is CCOP(=S)(OCC)c1ccncc1O. The van der Waals surface area contributed by atoms with Crippen LogP contribution in [0.25, 0.3) is 0 Å². The molecule has 0 saturated heterocycles. The minimum Gasteiger partial charge on any atom is -0.505 e. The fourth-order valence-electron chi connectivity index (χ4n) is 1.13. The molecule has 0 spiro atoms. The standard InChI is InChI=1S/C9H14NO3PS/c1-3-12-14(15,13-4-2)9-5-6-10-7-8(9)11/h5-7,11H,3-4H2,1-2H3. The Hall–Kier alpha value is -0.480. The Morgan fingerprint density at radius 1 is 1.40 bits per heavy atom. The predicted molar refractivity (Wildman–Crippen MR) is 63.1 cm³/mol. The average Bonchev–Trinajstić information content (AvgIpc) is 2.19. The molecule has 0 fully saturated rings. The fraction of sp³-hybridized carbons (Fsp3) is 0.444. The van der Waals surface area contributed by atoms with Gasteiger partial charge in [-0.1, -0.05) is 0 Å². The van der Waals surface area contributed by atoms with Gasteiger partial charge >= 0.3 is 0 Å². The Bertz CT molecular complexity index is 362. The van der Waals surface area contributed by atoms with Gasteiger partial charge in [0, 0.05) is 6.20 Å². The highest BCUT2D eigenvalue weighted by atomic mass is 32.5. The molecule has 6 heteroatoms. The number of rotatable bonds is 5. The quantitative estimate of drug-likeness (QED) is 0.804. The lowest BCUT2D eigenvalue weighted by atomic mass is 10.5. The first kappa shape index (κ1) is 12.6. The van der Waals surface area contributed by atoms with Crippen LogP contribution in [-0.2, 0) is 20.9 Å². The van der Waals surface area contributed by atoms with Gasteiger partial charge in [-0.2, -0.15) is 0 Å². The van der Waals surface area contributed by atoms with E-state index in [1.54, 1.807) is 12.3 Å². The molecule has 84 valence electrons. The second-order valence-electron chi connectivity index (χ2n) is 2.70. The third-order valence-electron chi connectivity index (χ3n) is 1.67. The number of hydrogen-bond acceptors (Lipinski definition) is 5. The number of aromatic nitrogens is 1. The van der Waals surface area contributed by atoms with Crippen molar-refractivity contribution in [3.8, 4) is 5.75 Å². The smallest absolute Gasteiger partial charge is 0.223 e. The Kier molecular flexibility index (Phi) is 4.67. The van der Waals surface area contributed by atoms with E-state index in [2.05, 4.69) is 4.98 Å². The minimum absolute atomic E-state index is 0.0303. The summed E-state index contributed by atoms with van der Waals surface area (Å²) in [5, 5.41) is 10.2. The van der Waals surface area contributed by atoms with Crippen LogP contribution in [0.3, 0.4) is 0 Å². The van der Waals surface area contributed by atoms with E-state index in [-0.39, 0.29) is 5.75 Å². The Morgan fingerprint density at radius 3 is 2.47 bits per heavy atom. The van der Waals surface area contributed by atoms with Gasteiger partial charge in [0.25, 0.3) is 0 Å². The monoisotopic (exact) mass is 247 g/mol. The maximum atomic E-state index is 9.64. The Balaban J connectivity index is 3.09. The summed E-state index contributed by atoms with van der Waals surface area (Å²) in [6.45, 7) is 2.04. The molecule has 0 aliphatic rings. The first-order valence-electron chi connectivity index (χ1n) is 4.66. The average molecular weight is 247 g/mol. The van der Waals surface area contributed by atoms with Gasteiger partial charge in [-0.3, -0.25) is 4.98 Å². The Morgan fingerprint density at radius 2 is 2.00 bits per heavy atom. The van der Waals surface area contributed by atoms with Crippen molar-refractivity contribution in [3.63, 3.8) is 0 Å². The molecule has 0 saturated carbocycles. The van der Waals surface area contributed by atoms with Crippen molar-refractivity contribution in [2.45, 2.75) is 13.8 Å². The first-order valence-corrected chi connectivity index (χ1v) is 7.30. The van der Waals surface area contributed by atoms with E-state index in [4.69, 9.17) is 20.9 Å². The lowest BCUT2D eigenvalue weighted by Gasteiger charge is -2.21. The van der Waals surface area contributed by atoms with Crippen LogP contribution in [-0.4, -0.2) is 23.3 Å². The normalized spacial score (nSPS) is 11.6. The third kappa shape index (κ3) is 2.98. The molecule has 15 heavy (non-hydrogen) atoms. The van der Waals surface area contributed by atoms with Gasteiger partial charge in [-0.25, -0.2) is 0 Å². The molecule has 4 nitrogen and oxygen atoms in total. The molecule has 0 bridgehead atoms. The largest absolute Gasteiger partial charge is 0.505 e. The van der Waals surface area contributed by atoms with Crippen molar-refractivity contribution < 1.29 is 14.2 Å². The van der Waals surface area contributed by atoms with Crippen molar-refractivity contribution in [1.82, 2.24) is 4.98 Å². The van der Waals surface area contributed by atoms with Gasteiger partial charge in [0.1, 0.15) is 5.75 Å². The number of aromatic hydroxyl groups is 1. The summed E-state index contributed by atoms with van der Waals surface area (Å²) in [6.07, 6.45) is 2.91. The molecule has 0 aromatic carbocycles. The zero-order chi connectivity index (χ0) is 11.3. The van der Waals surface area contributed by atoms with Crippen molar-refractivity contribution in [3.05, 3.63) is 18.5 Å². The third-order valence-corrected chi connectivity index (χ3v) is 5.06. The summed E-state index contributed by atoms with van der Waals surface area (Å²) in [7, 11) is 0. The topological polar surface area (TPSA) is 51.6 Å². The maximum absolute atomic E-state index is 9.64. The van der Waals surface area contributed by atoms with Crippen molar-refractivity contribution in [1.29, 1.82) is 0 Å². The summed E-state index contributed by atoms with van der Waals surface area (Å²) in [5.41, 5.74) is 0. The van der Waals surface area contributed by atoms with E-state index in [0.717, 1.165) is 0 Å². The Labute approximate surface area is 94.4 Å². The number of pyridine rings is 1. The second kappa shape index (κ2) is 5.56. The first-order chi connectivity index (χ1) is 7.14. The van der Waals surface area contributed by atoms with E-state index in [9.17, 15) is 5.11 Å². The molecule has 1 rings (SSSR count). The molecule has 1 N–H and O–H groups in total. The van der Waals surface area contributed by atoms with Gasteiger partial charge in [0.15, 0.2) is 0 Å². The summed E-state index contributed by atoms with van der Waals surface area (Å²) in [6, 6.07) is 1.64. The molecule has 1 aromatic rings. The van der Waals surface area contributed by atoms with Crippen LogP contribution in [0.2, 0.25) is 0 Å². The van der Waals surface area contributed by atoms with Crippen LogP contribution in [0, 0.1) is 0 Å². The van der Waals surface area contributed by atoms with Gasteiger partial charge in [0.05, 0.1) is 24.7 Å². The van der Waals surface area contributed by atoms with Crippen molar-refractivity contribution in [2.24, 2.45) is 0 Å². The van der Waals surface area contributed by atoms with Crippen LogP contribution >= 0.6 is 6.49 Å². The maximum Gasteiger partial charge on any atom is 0.223 e. The van der Waals surface area contributed by atoms with Gasteiger partial charge in [0.2, 0.25) is 6.49 Å². The van der Waals surface area contributed by atoms with Gasteiger partial charge in [-0.15, -0.1) is 0 Å². The summed E-state index contributed by atoms with van der Waals surface area (Å²) >= 11 is 5.33. The van der Waals surface area contributed by atoms with Gasteiger partial charge in [-0.05, 0) is 31.7 Å². The lowest BCUT2D eigenvalue weighted by Crippen LogP contribution is -2.11. The van der Waals surface area contributed by atoms with Crippen molar-refractivity contribution in [2.75, 3.05) is 13.2 Å². The fourth-order valence-corrected chi connectivity index (χ4v) is 3.84. The van der Waals surface area contributed by atoms with E-state index in [1.807, 2.05) is 13.8 Å². The van der Waals surface area contributed by atoms with Crippen LogP contribution in [0.1, 0.15) is 13.8 Å². The molecule has 0 aliphatic heterocycles. The van der Waals surface area contributed by atoms with Crippen LogP contribution in [0.4, 0.5) is 0 Å². The number of nitrogens with zero attached hydrogens (tertiary/aromatic N) is 1. The van der Waals surface area contributed by atoms with Crippen molar-refractivity contribution >= 4 is 23.6 Å². The summed E-state index contributed by atoms with van der Waals surface area (Å²) in [4.78, 5) is 3.79. The lowest BCUT2D eigenvalue weighted by molar-refractivity contribution is 0.274.